The number of benzene rings is 1. The maximum atomic E-state index is 12.0. The van der Waals surface area contributed by atoms with Crippen molar-refractivity contribution in [3.63, 3.8) is 0 Å². The van der Waals surface area contributed by atoms with Gasteiger partial charge in [-0.3, -0.25) is 0 Å². The van der Waals surface area contributed by atoms with Crippen LogP contribution in [0, 0.1) is 0 Å². The first-order valence-electron chi connectivity index (χ1n) is 4.97. The van der Waals surface area contributed by atoms with Crippen molar-refractivity contribution in [3.8, 4) is 5.75 Å². The largest absolute Gasteiger partial charge is 0.497 e. The lowest BCUT2D eigenvalue weighted by Gasteiger charge is -2.14. The van der Waals surface area contributed by atoms with Gasteiger partial charge in [-0.15, -0.1) is 0 Å². The molecule has 0 fully saturated rings. The maximum Gasteiger partial charge on any atom is 0.205 e. The zero-order valence-electron chi connectivity index (χ0n) is 9.64. The van der Waals surface area contributed by atoms with Gasteiger partial charge in [0, 0.05) is 7.11 Å². The van der Waals surface area contributed by atoms with Crippen LogP contribution in [0.3, 0.4) is 0 Å². The molecule has 0 aliphatic carbocycles. The summed E-state index contributed by atoms with van der Waals surface area (Å²) in [7, 11) is -0.471. The molecule has 0 aliphatic rings. The monoisotopic (exact) mass is 244 g/mol. The Morgan fingerprint density at radius 3 is 2.12 bits per heavy atom. The van der Waals surface area contributed by atoms with Gasteiger partial charge in [-0.1, -0.05) is 6.92 Å². The van der Waals surface area contributed by atoms with Gasteiger partial charge in [0.15, 0.2) is 5.44 Å². The fraction of sp³-hybridized carbons (Fsp3) is 0.455. The van der Waals surface area contributed by atoms with Crippen LogP contribution >= 0.6 is 0 Å². The Morgan fingerprint density at radius 1 is 1.19 bits per heavy atom. The molecule has 0 saturated carbocycles. The van der Waals surface area contributed by atoms with Gasteiger partial charge in [0.1, 0.15) is 5.75 Å². The number of methoxy groups -OCH3 is 2. The smallest absolute Gasteiger partial charge is 0.205 e. The summed E-state index contributed by atoms with van der Waals surface area (Å²) in [6.07, 6.45) is 0.421. The van der Waals surface area contributed by atoms with Crippen LogP contribution in [0.25, 0.3) is 0 Å². The summed E-state index contributed by atoms with van der Waals surface area (Å²) in [5.74, 6) is 0.629. The Morgan fingerprint density at radius 2 is 1.75 bits per heavy atom. The zero-order valence-corrected chi connectivity index (χ0v) is 10.5. The number of ether oxygens (including phenoxy) is 2. The summed E-state index contributed by atoms with van der Waals surface area (Å²) in [6.45, 7) is 1.77. The van der Waals surface area contributed by atoms with Gasteiger partial charge in [0.2, 0.25) is 9.84 Å². The zero-order chi connectivity index (χ0) is 12.2. The van der Waals surface area contributed by atoms with Gasteiger partial charge in [-0.05, 0) is 30.7 Å². The topological polar surface area (TPSA) is 52.6 Å². The molecule has 0 spiro atoms. The first-order valence-corrected chi connectivity index (χ1v) is 6.51. The third-order valence-electron chi connectivity index (χ3n) is 2.33. The first kappa shape index (κ1) is 13.0. The van der Waals surface area contributed by atoms with E-state index in [0.717, 1.165) is 0 Å². The Hall–Kier alpha value is -1.07. The van der Waals surface area contributed by atoms with Crippen LogP contribution in [0.1, 0.15) is 13.3 Å². The second-order valence-electron chi connectivity index (χ2n) is 3.29. The minimum Gasteiger partial charge on any atom is -0.497 e. The molecule has 0 bridgehead atoms. The highest BCUT2D eigenvalue weighted by molar-refractivity contribution is 7.91. The second-order valence-corrected chi connectivity index (χ2v) is 5.38. The fourth-order valence-corrected chi connectivity index (χ4v) is 2.94. The van der Waals surface area contributed by atoms with E-state index < -0.39 is 15.3 Å². The quantitative estimate of drug-likeness (QED) is 0.793. The molecule has 0 radical (unpaired) electrons. The van der Waals surface area contributed by atoms with E-state index in [2.05, 4.69) is 0 Å². The average Bonchev–Trinajstić information content (AvgIpc) is 2.30. The lowest BCUT2D eigenvalue weighted by atomic mass is 10.3. The molecule has 4 nitrogen and oxygen atoms in total. The molecule has 1 atom stereocenters. The number of hydrogen-bond acceptors (Lipinski definition) is 4. The van der Waals surface area contributed by atoms with Crippen LogP contribution in [0.15, 0.2) is 29.2 Å². The van der Waals surface area contributed by atoms with E-state index in [9.17, 15) is 8.42 Å². The van der Waals surface area contributed by atoms with Crippen LogP contribution in [0.4, 0.5) is 0 Å². The van der Waals surface area contributed by atoms with E-state index in [1.54, 1.807) is 19.1 Å². The summed E-state index contributed by atoms with van der Waals surface area (Å²) < 4.78 is 34.0. The van der Waals surface area contributed by atoms with Crippen molar-refractivity contribution in [2.45, 2.75) is 23.7 Å². The summed E-state index contributed by atoms with van der Waals surface area (Å²) >= 11 is 0. The van der Waals surface area contributed by atoms with Crippen molar-refractivity contribution in [1.82, 2.24) is 0 Å². The predicted molar refractivity (Wildman–Crippen MR) is 61.3 cm³/mol. The summed E-state index contributed by atoms with van der Waals surface area (Å²) in [4.78, 5) is 0.252. The fourth-order valence-electron chi connectivity index (χ4n) is 1.43. The normalized spacial score (nSPS) is 13.4. The lowest BCUT2D eigenvalue weighted by molar-refractivity contribution is 0.160. The van der Waals surface area contributed by atoms with E-state index in [1.165, 1.54) is 26.4 Å². The maximum absolute atomic E-state index is 12.0. The third-order valence-corrected chi connectivity index (χ3v) is 4.48. The highest BCUT2D eigenvalue weighted by Crippen LogP contribution is 2.21. The predicted octanol–water partition coefficient (Wildman–Crippen LogP) is 1.85. The van der Waals surface area contributed by atoms with E-state index in [0.29, 0.717) is 12.2 Å². The van der Waals surface area contributed by atoms with Crippen LogP contribution in [-0.2, 0) is 14.6 Å². The molecule has 1 rings (SSSR count). The van der Waals surface area contributed by atoms with Crippen molar-refractivity contribution in [2.24, 2.45) is 0 Å². The van der Waals surface area contributed by atoms with Crippen molar-refractivity contribution in [2.75, 3.05) is 14.2 Å². The van der Waals surface area contributed by atoms with Crippen molar-refractivity contribution < 1.29 is 17.9 Å². The molecule has 1 aromatic rings. The molecule has 16 heavy (non-hydrogen) atoms. The van der Waals surface area contributed by atoms with Gasteiger partial charge >= 0.3 is 0 Å². The van der Waals surface area contributed by atoms with Gasteiger partial charge in [0.05, 0.1) is 12.0 Å². The van der Waals surface area contributed by atoms with Crippen molar-refractivity contribution in [1.29, 1.82) is 0 Å². The Balaban J connectivity index is 3.07. The minimum absolute atomic E-state index is 0.252. The Kier molecular flexibility index (Phi) is 4.32. The van der Waals surface area contributed by atoms with E-state index in [1.807, 2.05) is 0 Å². The number of sulfone groups is 1. The molecule has 90 valence electrons. The molecule has 0 saturated heterocycles. The number of rotatable bonds is 5. The molecule has 0 aliphatic heterocycles. The van der Waals surface area contributed by atoms with E-state index in [4.69, 9.17) is 9.47 Å². The SMILES string of the molecule is CCC(OC)S(=O)(=O)c1ccc(OC)cc1. The molecular formula is C11H16O4S. The van der Waals surface area contributed by atoms with Gasteiger partial charge in [-0.25, -0.2) is 8.42 Å². The number of hydrogen-bond donors (Lipinski definition) is 0. The molecule has 0 N–H and O–H groups in total. The standard InChI is InChI=1S/C11H16O4S/c1-4-11(15-3)16(12,13)10-7-5-9(14-2)6-8-10/h5-8,11H,4H2,1-3H3. The summed E-state index contributed by atoms with van der Waals surface area (Å²) in [6, 6.07) is 6.29. The van der Waals surface area contributed by atoms with Gasteiger partial charge in [-0.2, -0.15) is 0 Å². The second kappa shape index (κ2) is 5.32. The molecule has 1 aromatic carbocycles. The van der Waals surface area contributed by atoms with Crippen molar-refractivity contribution in [3.05, 3.63) is 24.3 Å². The van der Waals surface area contributed by atoms with Gasteiger partial charge < -0.3 is 9.47 Å². The minimum atomic E-state index is -3.40. The molecule has 5 heteroatoms. The molecular weight excluding hydrogens is 228 g/mol. The highest BCUT2D eigenvalue weighted by atomic mass is 32.2. The van der Waals surface area contributed by atoms with E-state index in [-0.39, 0.29) is 4.90 Å². The Labute approximate surface area is 96.1 Å². The van der Waals surface area contributed by atoms with Crippen LogP contribution < -0.4 is 4.74 Å². The third kappa shape index (κ3) is 2.54. The molecule has 1 unspecified atom stereocenters. The molecule has 0 amide bonds. The molecule has 0 heterocycles. The van der Waals surface area contributed by atoms with Crippen LogP contribution in [0.2, 0.25) is 0 Å². The van der Waals surface area contributed by atoms with Gasteiger partial charge in [0.25, 0.3) is 0 Å². The van der Waals surface area contributed by atoms with Crippen LogP contribution in [0.5, 0.6) is 5.75 Å². The van der Waals surface area contributed by atoms with Crippen molar-refractivity contribution >= 4 is 9.84 Å². The van der Waals surface area contributed by atoms with E-state index >= 15 is 0 Å². The Bertz CT molecular complexity index is 418. The molecule has 0 aromatic heterocycles. The first-order chi connectivity index (χ1) is 7.56. The summed E-state index contributed by atoms with van der Waals surface area (Å²) in [5, 5.41) is 0. The highest BCUT2D eigenvalue weighted by Gasteiger charge is 2.25. The van der Waals surface area contributed by atoms with Crippen LogP contribution in [-0.4, -0.2) is 28.1 Å². The summed E-state index contributed by atoms with van der Waals surface area (Å²) in [5.41, 5.74) is -0.791. The average molecular weight is 244 g/mol. The lowest BCUT2D eigenvalue weighted by Crippen LogP contribution is -2.22.